The van der Waals surface area contributed by atoms with Gasteiger partial charge in [-0.05, 0) is 61.1 Å². The van der Waals surface area contributed by atoms with Crippen LogP contribution in [0.2, 0.25) is 0 Å². The fourth-order valence-corrected chi connectivity index (χ4v) is 4.83. The number of allylic oxidation sites excluding steroid dienone is 1. The number of hydrogen-bond donors (Lipinski definition) is 0. The summed E-state index contributed by atoms with van der Waals surface area (Å²) in [5.41, 5.74) is 0.853. The van der Waals surface area contributed by atoms with Gasteiger partial charge < -0.3 is 9.47 Å². The normalized spacial score (nSPS) is 14.6. The quantitative estimate of drug-likeness (QED) is 0.120. The minimum atomic E-state index is -2.67. The molecular formula is C31H24F6O3. The third-order valence-corrected chi connectivity index (χ3v) is 6.83. The molecule has 0 radical (unpaired) electrons. The number of carbonyl (C=O) groups is 1. The van der Waals surface area contributed by atoms with Crippen molar-refractivity contribution in [1.29, 1.82) is 0 Å². The van der Waals surface area contributed by atoms with Crippen LogP contribution in [0.15, 0.2) is 103 Å². The zero-order valence-electron chi connectivity index (χ0n) is 21.3. The molecule has 0 spiro atoms. The van der Waals surface area contributed by atoms with Crippen molar-refractivity contribution in [2.75, 3.05) is 0 Å². The highest BCUT2D eigenvalue weighted by molar-refractivity contribution is 6.00. The molecule has 208 valence electrons. The lowest BCUT2D eigenvalue weighted by Gasteiger charge is -2.34. The molecule has 3 aromatic rings. The molecule has 0 N–H and O–H groups in total. The number of rotatable bonds is 8. The summed E-state index contributed by atoms with van der Waals surface area (Å²) in [6.45, 7) is 1.62. The molecule has 3 nitrogen and oxygen atoms in total. The SMILES string of the molecule is CC(c1ccc(C=C2CCCCC2=O)cc1)(c1ccccc1OC(F)=C(F)F)c1ccccc1OC(F)=C(F)F. The monoisotopic (exact) mass is 558 g/mol. The number of ether oxygens (including phenoxy) is 2. The number of para-hydroxylation sites is 2. The highest BCUT2D eigenvalue weighted by Crippen LogP contribution is 2.47. The van der Waals surface area contributed by atoms with Crippen LogP contribution in [0.1, 0.15) is 54.9 Å². The second-order valence-corrected chi connectivity index (χ2v) is 9.31. The van der Waals surface area contributed by atoms with Gasteiger partial charge in [-0.15, -0.1) is 0 Å². The lowest BCUT2D eigenvalue weighted by molar-refractivity contribution is -0.116. The number of hydrogen-bond acceptors (Lipinski definition) is 3. The molecule has 0 heterocycles. The Kier molecular flexibility index (Phi) is 8.82. The van der Waals surface area contributed by atoms with Crippen molar-refractivity contribution >= 4 is 11.9 Å². The van der Waals surface area contributed by atoms with E-state index in [0.717, 1.165) is 18.4 Å². The zero-order chi connectivity index (χ0) is 28.9. The second-order valence-electron chi connectivity index (χ2n) is 9.31. The topological polar surface area (TPSA) is 35.5 Å². The van der Waals surface area contributed by atoms with E-state index in [4.69, 9.17) is 9.47 Å². The molecule has 0 bridgehead atoms. The van der Waals surface area contributed by atoms with Crippen molar-refractivity contribution in [2.45, 2.75) is 38.0 Å². The number of halogens is 6. The van der Waals surface area contributed by atoms with Gasteiger partial charge in [-0.1, -0.05) is 60.7 Å². The van der Waals surface area contributed by atoms with Gasteiger partial charge in [0.15, 0.2) is 5.78 Å². The molecule has 9 heteroatoms. The molecule has 4 rings (SSSR count). The van der Waals surface area contributed by atoms with E-state index in [2.05, 4.69) is 0 Å². The molecule has 0 saturated heterocycles. The highest BCUT2D eigenvalue weighted by atomic mass is 19.3. The van der Waals surface area contributed by atoms with E-state index in [1.54, 1.807) is 49.4 Å². The summed E-state index contributed by atoms with van der Waals surface area (Å²) in [6.07, 6.45) is -0.615. The van der Waals surface area contributed by atoms with Gasteiger partial charge >= 0.3 is 24.2 Å². The maximum atomic E-state index is 13.9. The van der Waals surface area contributed by atoms with Gasteiger partial charge in [-0.2, -0.15) is 26.3 Å². The second kappa shape index (κ2) is 12.3. The van der Waals surface area contributed by atoms with E-state index >= 15 is 0 Å². The molecule has 1 saturated carbocycles. The summed E-state index contributed by atoms with van der Waals surface area (Å²) in [5.74, 6) is -0.476. The maximum absolute atomic E-state index is 13.9. The molecule has 1 aliphatic carbocycles. The molecule has 0 unspecified atom stereocenters. The lowest BCUT2D eigenvalue weighted by Crippen LogP contribution is -2.27. The Balaban J connectivity index is 1.91. The predicted octanol–water partition coefficient (Wildman–Crippen LogP) is 9.40. The summed E-state index contributed by atoms with van der Waals surface area (Å²) >= 11 is 0. The first-order chi connectivity index (χ1) is 19.1. The Morgan fingerprint density at radius 1 is 0.700 bits per heavy atom. The third kappa shape index (κ3) is 6.14. The Morgan fingerprint density at radius 3 is 1.65 bits per heavy atom. The van der Waals surface area contributed by atoms with Gasteiger partial charge in [-0.25, -0.2) is 0 Å². The maximum Gasteiger partial charge on any atom is 0.344 e. The van der Waals surface area contributed by atoms with Crippen molar-refractivity contribution in [2.24, 2.45) is 0 Å². The fourth-order valence-electron chi connectivity index (χ4n) is 4.83. The number of Topliss-reactive ketones (excluding diaryl/α,β-unsaturated/α-hetero) is 1. The zero-order valence-corrected chi connectivity index (χ0v) is 21.3. The Morgan fingerprint density at radius 2 is 1.18 bits per heavy atom. The van der Waals surface area contributed by atoms with Crippen LogP contribution in [0.4, 0.5) is 26.3 Å². The smallest absolute Gasteiger partial charge is 0.344 e. The van der Waals surface area contributed by atoms with Gasteiger partial charge in [0.2, 0.25) is 0 Å². The van der Waals surface area contributed by atoms with E-state index in [9.17, 15) is 31.1 Å². The van der Waals surface area contributed by atoms with Crippen LogP contribution < -0.4 is 9.47 Å². The van der Waals surface area contributed by atoms with E-state index in [0.29, 0.717) is 24.0 Å². The number of carbonyl (C=O) groups excluding carboxylic acids is 1. The Labute approximate surface area is 227 Å². The largest absolute Gasteiger partial charge is 0.427 e. The van der Waals surface area contributed by atoms with Crippen LogP contribution in [0.25, 0.3) is 6.08 Å². The van der Waals surface area contributed by atoms with Crippen molar-refractivity contribution in [3.8, 4) is 11.5 Å². The minimum Gasteiger partial charge on any atom is -0.427 e. The van der Waals surface area contributed by atoms with Crippen LogP contribution in [-0.2, 0) is 10.2 Å². The van der Waals surface area contributed by atoms with Crippen molar-refractivity contribution in [3.63, 3.8) is 0 Å². The van der Waals surface area contributed by atoms with E-state index < -0.39 is 29.6 Å². The van der Waals surface area contributed by atoms with Gasteiger partial charge in [0.1, 0.15) is 11.5 Å². The molecule has 1 fully saturated rings. The van der Waals surface area contributed by atoms with Crippen LogP contribution in [0.5, 0.6) is 11.5 Å². The molecule has 1 aliphatic rings. The molecule has 0 atom stereocenters. The molecule has 0 aliphatic heterocycles. The summed E-state index contributed by atoms with van der Waals surface area (Å²) < 4.78 is 89.4. The molecule has 0 amide bonds. The van der Waals surface area contributed by atoms with Crippen molar-refractivity contribution in [3.05, 3.63) is 125 Å². The average molecular weight is 559 g/mol. The molecule has 40 heavy (non-hydrogen) atoms. The first-order valence-electron chi connectivity index (χ1n) is 12.4. The van der Waals surface area contributed by atoms with E-state index in [-0.39, 0.29) is 28.4 Å². The van der Waals surface area contributed by atoms with Crippen LogP contribution in [-0.4, -0.2) is 5.78 Å². The summed E-state index contributed by atoms with van der Waals surface area (Å²) in [7, 11) is 0. The fraction of sp³-hybridized carbons (Fsp3) is 0.194. The molecular weight excluding hydrogens is 534 g/mol. The van der Waals surface area contributed by atoms with Crippen LogP contribution in [0.3, 0.4) is 0 Å². The van der Waals surface area contributed by atoms with E-state index in [1.807, 2.05) is 0 Å². The molecule has 3 aromatic carbocycles. The Bertz CT molecular complexity index is 1410. The van der Waals surface area contributed by atoms with Crippen molar-refractivity contribution in [1.82, 2.24) is 0 Å². The average Bonchev–Trinajstić information content (AvgIpc) is 2.94. The predicted molar refractivity (Wildman–Crippen MR) is 138 cm³/mol. The first kappa shape index (κ1) is 28.7. The van der Waals surface area contributed by atoms with Crippen LogP contribution >= 0.6 is 0 Å². The van der Waals surface area contributed by atoms with Crippen molar-refractivity contribution < 1.29 is 40.6 Å². The standard InChI is InChI=1S/C31H24F6O3/c1-31(22-9-3-6-12-25(22)39-29(36)27(32)33,23-10-4-7-13-26(23)40-30(37)28(34)35)21-16-14-19(15-17-21)18-20-8-2-5-11-24(20)38/h3-4,6-7,9-10,12-18H,2,5,8,11H2,1H3. The molecule has 0 aromatic heterocycles. The number of ketones is 1. The van der Waals surface area contributed by atoms with Gasteiger partial charge in [-0.3, -0.25) is 4.79 Å². The highest BCUT2D eigenvalue weighted by Gasteiger charge is 2.37. The van der Waals surface area contributed by atoms with Gasteiger partial charge in [0.25, 0.3) is 0 Å². The Hall–Kier alpha value is -4.27. The third-order valence-electron chi connectivity index (χ3n) is 6.83. The van der Waals surface area contributed by atoms with Gasteiger partial charge in [0, 0.05) is 23.0 Å². The van der Waals surface area contributed by atoms with Gasteiger partial charge in [0.05, 0.1) is 0 Å². The summed E-state index contributed by atoms with van der Waals surface area (Å²) in [6, 6.07) is 14.2. The van der Waals surface area contributed by atoms with Crippen LogP contribution in [0, 0.1) is 0 Å². The number of benzene rings is 3. The first-order valence-corrected chi connectivity index (χ1v) is 12.4. The minimum absolute atomic E-state index is 0.0858. The lowest BCUT2D eigenvalue weighted by atomic mass is 9.70. The summed E-state index contributed by atoms with van der Waals surface area (Å²) in [4.78, 5) is 12.3. The summed E-state index contributed by atoms with van der Waals surface area (Å²) in [5, 5.41) is 0. The van der Waals surface area contributed by atoms with E-state index in [1.165, 1.54) is 36.4 Å².